The van der Waals surface area contributed by atoms with Crippen molar-refractivity contribution in [2.45, 2.75) is 38.7 Å². The summed E-state index contributed by atoms with van der Waals surface area (Å²) in [6.07, 6.45) is 3.59. The molecule has 1 aromatic heterocycles. The number of hydrogen-bond acceptors (Lipinski definition) is 3. The number of rotatable bonds is 4. The molecule has 0 fully saturated rings. The summed E-state index contributed by atoms with van der Waals surface area (Å²) in [6.45, 7) is 3.97. The number of hydrogen-bond donors (Lipinski definition) is 1. The van der Waals surface area contributed by atoms with Crippen LogP contribution in [0.3, 0.4) is 0 Å². The van der Waals surface area contributed by atoms with Gasteiger partial charge in [0.1, 0.15) is 12.2 Å². The van der Waals surface area contributed by atoms with E-state index in [4.69, 9.17) is 0 Å². The summed E-state index contributed by atoms with van der Waals surface area (Å²) in [5.74, 6) is 0.839. The predicted octanol–water partition coefficient (Wildman–Crippen LogP) is 0.909. The van der Waals surface area contributed by atoms with Crippen molar-refractivity contribution in [1.82, 2.24) is 14.8 Å². The molecule has 0 aliphatic heterocycles. The molecule has 0 aliphatic rings. The van der Waals surface area contributed by atoms with Crippen molar-refractivity contribution in [1.29, 1.82) is 0 Å². The van der Waals surface area contributed by atoms with Gasteiger partial charge in [0.25, 0.3) is 0 Å². The molecule has 0 bridgehead atoms. The van der Waals surface area contributed by atoms with Crippen LogP contribution < -0.4 is 0 Å². The smallest absolute Gasteiger partial charge is 0.138 e. The van der Waals surface area contributed by atoms with E-state index in [0.717, 1.165) is 18.7 Å². The molecule has 1 rings (SSSR count). The lowest BCUT2D eigenvalue weighted by Gasteiger charge is -2.24. The van der Waals surface area contributed by atoms with Crippen LogP contribution in [-0.2, 0) is 13.5 Å². The molecular weight excluding hydrogens is 166 g/mol. The highest BCUT2D eigenvalue weighted by Gasteiger charge is 2.24. The van der Waals surface area contributed by atoms with E-state index in [1.54, 1.807) is 4.68 Å². The summed E-state index contributed by atoms with van der Waals surface area (Å²) in [6, 6.07) is 0. The molecule has 0 aliphatic carbocycles. The molecule has 0 spiro atoms. The van der Waals surface area contributed by atoms with Gasteiger partial charge in [0.05, 0.1) is 5.60 Å². The molecule has 0 unspecified atom stereocenters. The zero-order chi connectivity index (χ0) is 9.90. The number of aliphatic hydroxyl groups is 1. The summed E-state index contributed by atoms with van der Waals surface area (Å²) in [5, 5.41) is 14.0. The van der Waals surface area contributed by atoms with E-state index in [1.165, 1.54) is 6.33 Å². The lowest BCUT2D eigenvalue weighted by molar-refractivity contribution is 0.0299. The van der Waals surface area contributed by atoms with Gasteiger partial charge in [-0.05, 0) is 12.8 Å². The first-order valence-corrected chi connectivity index (χ1v) is 4.66. The highest BCUT2D eigenvalue weighted by molar-refractivity contribution is 4.92. The summed E-state index contributed by atoms with van der Waals surface area (Å²) < 4.78 is 1.70. The third-order valence-electron chi connectivity index (χ3n) is 2.61. The van der Waals surface area contributed by atoms with Crippen LogP contribution in [0.1, 0.15) is 32.5 Å². The minimum atomic E-state index is -0.624. The third kappa shape index (κ3) is 2.28. The molecule has 13 heavy (non-hydrogen) atoms. The first-order valence-electron chi connectivity index (χ1n) is 4.66. The van der Waals surface area contributed by atoms with Gasteiger partial charge in [0, 0.05) is 13.5 Å². The minimum Gasteiger partial charge on any atom is -0.389 e. The van der Waals surface area contributed by atoms with Crippen LogP contribution in [0.2, 0.25) is 0 Å². The molecule has 0 saturated carbocycles. The lowest BCUT2D eigenvalue weighted by atomic mass is 9.93. The van der Waals surface area contributed by atoms with Crippen molar-refractivity contribution < 1.29 is 5.11 Å². The molecule has 4 nitrogen and oxygen atoms in total. The van der Waals surface area contributed by atoms with Gasteiger partial charge in [-0.2, -0.15) is 5.10 Å². The average molecular weight is 183 g/mol. The lowest BCUT2D eigenvalue weighted by Crippen LogP contribution is -2.30. The molecule has 4 heteroatoms. The molecule has 0 aromatic carbocycles. The standard InChI is InChI=1S/C9H17N3O/c1-4-9(13,5-2)6-8-10-7-11-12(8)3/h7,13H,4-6H2,1-3H3. The van der Waals surface area contributed by atoms with E-state index in [-0.39, 0.29) is 0 Å². The molecule has 1 heterocycles. The molecule has 1 aromatic rings. The first kappa shape index (κ1) is 10.2. The Labute approximate surface area is 78.6 Å². The van der Waals surface area contributed by atoms with Crippen LogP contribution in [0.25, 0.3) is 0 Å². The van der Waals surface area contributed by atoms with Gasteiger partial charge in [-0.25, -0.2) is 4.98 Å². The molecule has 1 N–H and O–H groups in total. The average Bonchev–Trinajstić information content (AvgIpc) is 2.52. The summed E-state index contributed by atoms with van der Waals surface area (Å²) in [7, 11) is 1.84. The van der Waals surface area contributed by atoms with E-state index in [9.17, 15) is 5.11 Å². The predicted molar refractivity (Wildman–Crippen MR) is 50.2 cm³/mol. The van der Waals surface area contributed by atoms with Crippen molar-refractivity contribution in [2.24, 2.45) is 7.05 Å². The van der Waals surface area contributed by atoms with Gasteiger partial charge >= 0.3 is 0 Å². The molecule has 0 saturated heterocycles. The zero-order valence-corrected chi connectivity index (χ0v) is 8.49. The fourth-order valence-electron chi connectivity index (χ4n) is 1.27. The van der Waals surface area contributed by atoms with Gasteiger partial charge in [-0.1, -0.05) is 13.8 Å². The maximum Gasteiger partial charge on any atom is 0.138 e. The third-order valence-corrected chi connectivity index (χ3v) is 2.61. The normalized spacial score (nSPS) is 12.0. The van der Waals surface area contributed by atoms with Crippen LogP contribution in [0.15, 0.2) is 6.33 Å². The Morgan fingerprint density at radius 2 is 2.08 bits per heavy atom. The van der Waals surface area contributed by atoms with Crippen molar-refractivity contribution >= 4 is 0 Å². The van der Waals surface area contributed by atoms with E-state index >= 15 is 0 Å². The van der Waals surface area contributed by atoms with Crippen LogP contribution in [0.5, 0.6) is 0 Å². The Kier molecular flexibility index (Phi) is 3.03. The summed E-state index contributed by atoms with van der Waals surface area (Å²) in [4.78, 5) is 4.09. The number of nitrogens with zero attached hydrogens (tertiary/aromatic N) is 3. The second kappa shape index (κ2) is 3.87. The Morgan fingerprint density at radius 1 is 1.46 bits per heavy atom. The Morgan fingerprint density at radius 3 is 2.46 bits per heavy atom. The van der Waals surface area contributed by atoms with E-state index < -0.39 is 5.60 Å². The minimum absolute atomic E-state index is 0.580. The van der Waals surface area contributed by atoms with E-state index in [0.29, 0.717) is 6.42 Å². The van der Waals surface area contributed by atoms with Crippen LogP contribution in [-0.4, -0.2) is 25.5 Å². The van der Waals surface area contributed by atoms with Crippen LogP contribution in [0.4, 0.5) is 0 Å². The van der Waals surface area contributed by atoms with Gasteiger partial charge in [0.2, 0.25) is 0 Å². The van der Waals surface area contributed by atoms with E-state index in [1.807, 2.05) is 20.9 Å². The van der Waals surface area contributed by atoms with Crippen LogP contribution >= 0.6 is 0 Å². The second-order valence-electron chi connectivity index (χ2n) is 3.41. The highest BCUT2D eigenvalue weighted by atomic mass is 16.3. The zero-order valence-electron chi connectivity index (χ0n) is 8.49. The van der Waals surface area contributed by atoms with Crippen molar-refractivity contribution in [3.63, 3.8) is 0 Å². The summed E-state index contributed by atoms with van der Waals surface area (Å²) in [5.41, 5.74) is -0.624. The van der Waals surface area contributed by atoms with Gasteiger partial charge in [-0.3, -0.25) is 4.68 Å². The largest absolute Gasteiger partial charge is 0.389 e. The van der Waals surface area contributed by atoms with Crippen molar-refractivity contribution in [3.8, 4) is 0 Å². The molecule has 0 amide bonds. The van der Waals surface area contributed by atoms with Crippen molar-refractivity contribution in [3.05, 3.63) is 12.2 Å². The van der Waals surface area contributed by atoms with E-state index in [2.05, 4.69) is 10.1 Å². The quantitative estimate of drug-likeness (QED) is 0.754. The van der Waals surface area contributed by atoms with Gasteiger partial charge < -0.3 is 5.11 Å². The molecular formula is C9H17N3O. The molecule has 0 atom stereocenters. The van der Waals surface area contributed by atoms with Crippen molar-refractivity contribution in [2.75, 3.05) is 0 Å². The molecule has 74 valence electrons. The Balaban J connectivity index is 2.73. The number of aromatic nitrogens is 3. The number of aryl methyl sites for hydroxylation is 1. The molecule has 0 radical (unpaired) electrons. The maximum atomic E-state index is 10.0. The summed E-state index contributed by atoms with van der Waals surface area (Å²) >= 11 is 0. The second-order valence-corrected chi connectivity index (χ2v) is 3.41. The first-order chi connectivity index (χ1) is 6.11. The maximum absolute atomic E-state index is 10.0. The highest BCUT2D eigenvalue weighted by Crippen LogP contribution is 2.19. The Bertz CT molecular complexity index is 266. The van der Waals surface area contributed by atoms with Gasteiger partial charge in [0.15, 0.2) is 0 Å². The fourth-order valence-corrected chi connectivity index (χ4v) is 1.27. The fraction of sp³-hybridized carbons (Fsp3) is 0.778. The SMILES string of the molecule is CCC(O)(CC)Cc1ncnn1C. The topological polar surface area (TPSA) is 50.9 Å². The Hall–Kier alpha value is -0.900. The van der Waals surface area contributed by atoms with Crippen LogP contribution in [0, 0.1) is 0 Å². The monoisotopic (exact) mass is 183 g/mol. The van der Waals surface area contributed by atoms with Gasteiger partial charge in [-0.15, -0.1) is 0 Å².